The van der Waals surface area contributed by atoms with Crippen LogP contribution in [0.4, 0.5) is 0 Å². The van der Waals surface area contributed by atoms with Gasteiger partial charge in [0.05, 0.1) is 12.7 Å². The molecule has 0 unspecified atom stereocenters. The maximum Gasteiger partial charge on any atom is 0.343 e. The van der Waals surface area contributed by atoms with Crippen LogP contribution in [0.5, 0.6) is 5.88 Å². The van der Waals surface area contributed by atoms with Gasteiger partial charge in [-0.05, 0) is 17.5 Å². The van der Waals surface area contributed by atoms with Crippen molar-refractivity contribution < 1.29 is 23.9 Å². The number of carbonyl (C=O) groups is 3. The highest BCUT2D eigenvalue weighted by atomic mass is 16.6. The number of hydrogen-bond donors (Lipinski definition) is 1. The number of ketones is 1. The molecule has 8 nitrogen and oxygen atoms in total. The Morgan fingerprint density at radius 2 is 1.90 bits per heavy atom. The molecule has 0 radical (unpaired) electrons. The molecule has 2 heterocycles. The summed E-state index contributed by atoms with van der Waals surface area (Å²) in [5.74, 6) is -2.43. The third-order valence-electron chi connectivity index (χ3n) is 4.60. The molecule has 150 valence electrons. The summed E-state index contributed by atoms with van der Waals surface area (Å²) in [6.07, 6.45) is 4.22. The zero-order valence-electron chi connectivity index (χ0n) is 16.2. The Morgan fingerprint density at radius 3 is 2.52 bits per heavy atom. The van der Waals surface area contributed by atoms with E-state index in [1.807, 2.05) is 37.3 Å². The lowest BCUT2D eigenvalue weighted by molar-refractivity contribution is -0.143. The van der Waals surface area contributed by atoms with E-state index in [0.717, 1.165) is 11.3 Å². The summed E-state index contributed by atoms with van der Waals surface area (Å²) in [6, 6.07) is 9.73. The predicted octanol–water partition coefficient (Wildman–Crippen LogP) is 1.71. The first-order chi connectivity index (χ1) is 14.0. The maximum atomic E-state index is 12.7. The number of Topliss-reactive ketones (excluding diaryl/α,β-unsaturated/α-hetero) is 1. The summed E-state index contributed by atoms with van der Waals surface area (Å²) < 4.78 is 11.8. The van der Waals surface area contributed by atoms with E-state index in [1.54, 1.807) is 10.6 Å². The van der Waals surface area contributed by atoms with E-state index in [0.29, 0.717) is 23.9 Å². The third-order valence-corrected chi connectivity index (χ3v) is 4.60. The topological polar surface area (TPSA) is 113 Å². The molecule has 0 bridgehead atoms. The average Bonchev–Trinajstić information content (AvgIpc) is 3.05. The molecular weight excluding hydrogens is 374 g/mol. The lowest BCUT2D eigenvalue weighted by Crippen LogP contribution is -2.24. The van der Waals surface area contributed by atoms with Crippen LogP contribution in [0.15, 0.2) is 42.7 Å². The summed E-state index contributed by atoms with van der Waals surface area (Å²) in [5, 5.41) is 0. The molecule has 0 spiro atoms. The van der Waals surface area contributed by atoms with Crippen LogP contribution >= 0.6 is 0 Å². The van der Waals surface area contributed by atoms with Crippen molar-refractivity contribution in [3.8, 4) is 5.88 Å². The highest BCUT2D eigenvalue weighted by Crippen LogP contribution is 2.32. The van der Waals surface area contributed by atoms with Crippen LogP contribution in [-0.2, 0) is 27.2 Å². The van der Waals surface area contributed by atoms with E-state index >= 15 is 0 Å². The number of hydrogen-bond acceptors (Lipinski definition) is 6. The highest BCUT2D eigenvalue weighted by molar-refractivity contribution is 6.44. The van der Waals surface area contributed by atoms with Crippen LogP contribution in [-0.4, -0.2) is 40.8 Å². The lowest BCUT2D eigenvalue weighted by Gasteiger charge is -2.08. The van der Waals surface area contributed by atoms with Gasteiger partial charge in [-0.15, -0.1) is 0 Å². The van der Waals surface area contributed by atoms with Crippen molar-refractivity contribution in [2.24, 2.45) is 5.73 Å². The van der Waals surface area contributed by atoms with Crippen molar-refractivity contribution >= 4 is 23.2 Å². The predicted molar refractivity (Wildman–Crippen MR) is 105 cm³/mol. The van der Waals surface area contributed by atoms with Gasteiger partial charge in [-0.25, -0.2) is 9.78 Å². The normalized spacial score (nSPS) is 10.7. The number of nitrogens with two attached hydrogens (primary N) is 1. The van der Waals surface area contributed by atoms with E-state index in [4.69, 9.17) is 10.5 Å². The molecule has 2 N–H and O–H groups in total. The number of carbonyl (C=O) groups excluding carboxylic acids is 3. The van der Waals surface area contributed by atoms with Gasteiger partial charge in [0.2, 0.25) is 5.88 Å². The summed E-state index contributed by atoms with van der Waals surface area (Å²) in [5.41, 5.74) is 8.31. The Bertz CT molecular complexity index is 1070. The smallest absolute Gasteiger partial charge is 0.343 e. The van der Waals surface area contributed by atoms with E-state index in [-0.39, 0.29) is 18.1 Å². The minimum absolute atomic E-state index is 0.0523. The van der Waals surface area contributed by atoms with Gasteiger partial charge in [0, 0.05) is 24.5 Å². The molecule has 0 aliphatic rings. The highest BCUT2D eigenvalue weighted by Gasteiger charge is 2.28. The Hall–Kier alpha value is -3.68. The molecule has 0 saturated carbocycles. The van der Waals surface area contributed by atoms with E-state index in [9.17, 15) is 14.4 Å². The number of esters is 1. The Morgan fingerprint density at radius 1 is 1.17 bits per heavy atom. The first kappa shape index (κ1) is 20.1. The van der Waals surface area contributed by atoms with Gasteiger partial charge in [0.15, 0.2) is 6.61 Å². The number of amides is 1. The fraction of sp³-hybridized carbons (Fsp3) is 0.238. The van der Waals surface area contributed by atoms with Crippen LogP contribution in [0.2, 0.25) is 0 Å². The zero-order valence-corrected chi connectivity index (χ0v) is 16.2. The number of methoxy groups -OCH3 is 1. The van der Waals surface area contributed by atoms with Crippen LogP contribution in [0.1, 0.15) is 34.1 Å². The van der Waals surface area contributed by atoms with Gasteiger partial charge in [0.25, 0.3) is 11.7 Å². The summed E-state index contributed by atoms with van der Waals surface area (Å²) in [6.45, 7) is 1.51. The number of ether oxygens (including phenoxy) is 2. The van der Waals surface area contributed by atoms with Gasteiger partial charge in [0.1, 0.15) is 5.52 Å². The van der Waals surface area contributed by atoms with E-state index in [1.165, 1.54) is 13.3 Å². The molecule has 1 amide bonds. The summed E-state index contributed by atoms with van der Waals surface area (Å²) in [7, 11) is 1.24. The van der Waals surface area contributed by atoms with Gasteiger partial charge in [-0.1, -0.05) is 37.3 Å². The molecule has 3 rings (SSSR count). The average molecular weight is 395 g/mol. The Labute approximate surface area is 167 Å². The first-order valence-corrected chi connectivity index (χ1v) is 9.06. The second-order valence-corrected chi connectivity index (χ2v) is 6.33. The number of benzene rings is 1. The molecular formula is C21H21N3O5. The minimum Gasteiger partial charge on any atom is -0.466 e. The summed E-state index contributed by atoms with van der Waals surface area (Å²) >= 11 is 0. The number of nitrogens with zero attached hydrogens (tertiary/aromatic N) is 2. The Kier molecular flexibility index (Phi) is 5.92. The van der Waals surface area contributed by atoms with E-state index < -0.39 is 17.7 Å². The molecule has 3 aromatic rings. The molecule has 0 atom stereocenters. The number of aromatic nitrogens is 2. The minimum atomic E-state index is -1.07. The van der Waals surface area contributed by atoms with Crippen molar-refractivity contribution in [1.29, 1.82) is 0 Å². The van der Waals surface area contributed by atoms with E-state index in [2.05, 4.69) is 9.72 Å². The molecule has 0 aliphatic heterocycles. The fourth-order valence-corrected chi connectivity index (χ4v) is 3.31. The van der Waals surface area contributed by atoms with Gasteiger partial charge < -0.3 is 19.6 Å². The summed E-state index contributed by atoms with van der Waals surface area (Å²) in [4.78, 5) is 40.1. The maximum absolute atomic E-state index is 12.7. The van der Waals surface area contributed by atoms with Crippen LogP contribution < -0.4 is 10.5 Å². The molecule has 8 heteroatoms. The van der Waals surface area contributed by atoms with Crippen molar-refractivity contribution in [2.75, 3.05) is 13.7 Å². The van der Waals surface area contributed by atoms with Crippen LogP contribution in [0.3, 0.4) is 0 Å². The zero-order chi connectivity index (χ0) is 21.0. The SMILES string of the molecule is CCc1c(C(=O)C(N)=O)c2c(OCC(=O)OC)nccn2c1Cc1ccccc1. The second-order valence-electron chi connectivity index (χ2n) is 6.33. The standard InChI is InChI=1S/C21H21N3O5/c1-3-14-15(11-13-7-5-4-6-8-13)24-10-9-23-21(29-12-16(25)28-2)18(24)17(14)19(26)20(22)27/h4-10H,3,11-12H2,1-2H3,(H2,22,27). The number of fused-ring (bicyclic) bond motifs is 1. The Balaban J connectivity index is 2.23. The van der Waals surface area contributed by atoms with Crippen LogP contribution in [0.25, 0.3) is 5.52 Å². The molecule has 29 heavy (non-hydrogen) atoms. The first-order valence-electron chi connectivity index (χ1n) is 9.06. The van der Waals surface area contributed by atoms with Gasteiger partial charge in [-0.2, -0.15) is 0 Å². The van der Waals surface area contributed by atoms with Gasteiger partial charge >= 0.3 is 5.97 Å². The number of rotatable bonds is 8. The lowest BCUT2D eigenvalue weighted by atomic mass is 9.99. The van der Waals surface area contributed by atoms with Gasteiger partial charge in [-0.3, -0.25) is 9.59 Å². The van der Waals surface area contributed by atoms with Crippen molar-refractivity contribution in [2.45, 2.75) is 19.8 Å². The molecule has 1 aromatic carbocycles. The quantitative estimate of drug-likeness (QED) is 0.353. The third kappa shape index (κ3) is 3.96. The van der Waals surface area contributed by atoms with Crippen molar-refractivity contribution in [3.63, 3.8) is 0 Å². The molecule has 0 aliphatic carbocycles. The monoisotopic (exact) mass is 395 g/mol. The number of primary amides is 1. The fourth-order valence-electron chi connectivity index (χ4n) is 3.31. The van der Waals surface area contributed by atoms with Crippen molar-refractivity contribution in [3.05, 3.63) is 65.1 Å². The van der Waals surface area contributed by atoms with Crippen molar-refractivity contribution in [1.82, 2.24) is 9.38 Å². The largest absolute Gasteiger partial charge is 0.466 e. The molecule has 2 aromatic heterocycles. The molecule has 0 saturated heterocycles. The molecule has 0 fully saturated rings. The van der Waals surface area contributed by atoms with Crippen LogP contribution in [0, 0.1) is 0 Å². The second kappa shape index (κ2) is 8.55.